The van der Waals surface area contributed by atoms with Crippen molar-refractivity contribution in [3.63, 3.8) is 0 Å². The van der Waals surface area contributed by atoms with Crippen molar-refractivity contribution < 1.29 is 14.3 Å². The van der Waals surface area contributed by atoms with Crippen LogP contribution in [0.1, 0.15) is 29.8 Å². The summed E-state index contributed by atoms with van der Waals surface area (Å²) in [5, 5.41) is 2.99. The van der Waals surface area contributed by atoms with E-state index >= 15 is 0 Å². The van der Waals surface area contributed by atoms with Crippen molar-refractivity contribution in [2.24, 2.45) is 0 Å². The van der Waals surface area contributed by atoms with Gasteiger partial charge in [-0.15, -0.1) is 0 Å². The van der Waals surface area contributed by atoms with Gasteiger partial charge in [0, 0.05) is 17.5 Å². The number of ether oxygens (including phenoxy) is 2. The fourth-order valence-corrected chi connectivity index (χ4v) is 2.31. The van der Waals surface area contributed by atoms with Gasteiger partial charge in [0.15, 0.2) is 0 Å². The molecule has 0 aliphatic carbocycles. The van der Waals surface area contributed by atoms with E-state index in [1.807, 2.05) is 36.4 Å². The number of hydrogen-bond donors (Lipinski definition) is 1. The van der Waals surface area contributed by atoms with Crippen molar-refractivity contribution in [2.45, 2.75) is 19.3 Å². The predicted octanol–water partition coefficient (Wildman–Crippen LogP) is 3.41. The van der Waals surface area contributed by atoms with Crippen molar-refractivity contribution in [3.8, 4) is 11.5 Å². The molecule has 0 aliphatic rings. The molecule has 0 spiro atoms. The van der Waals surface area contributed by atoms with Crippen LogP contribution in [0.4, 0.5) is 0 Å². The van der Waals surface area contributed by atoms with Gasteiger partial charge in [0.2, 0.25) is 0 Å². The van der Waals surface area contributed by atoms with E-state index in [9.17, 15) is 4.79 Å². The highest BCUT2D eigenvalue weighted by Gasteiger charge is 2.22. The molecule has 0 unspecified atom stereocenters. The highest BCUT2D eigenvalue weighted by Crippen LogP contribution is 2.24. The Hall–Kier alpha value is -2.49. The number of hydrogen-bond acceptors (Lipinski definition) is 3. The molecule has 0 saturated heterocycles. The molecular weight excluding hydrogens is 290 g/mol. The second kappa shape index (κ2) is 7.18. The molecule has 122 valence electrons. The summed E-state index contributed by atoms with van der Waals surface area (Å²) >= 11 is 0. The number of carbonyl (C=O) groups excluding carboxylic acids is 1. The molecule has 0 atom stereocenters. The van der Waals surface area contributed by atoms with Crippen LogP contribution in [0.25, 0.3) is 0 Å². The summed E-state index contributed by atoms with van der Waals surface area (Å²) in [6.45, 7) is 4.73. The molecule has 1 amide bonds. The Labute approximate surface area is 137 Å². The zero-order valence-electron chi connectivity index (χ0n) is 14.1. The van der Waals surface area contributed by atoms with E-state index in [0.717, 1.165) is 11.3 Å². The Morgan fingerprint density at radius 2 is 1.65 bits per heavy atom. The van der Waals surface area contributed by atoms with Crippen LogP contribution in [0.3, 0.4) is 0 Å². The fourth-order valence-electron chi connectivity index (χ4n) is 2.31. The van der Waals surface area contributed by atoms with E-state index in [-0.39, 0.29) is 11.3 Å². The molecule has 0 fully saturated rings. The summed E-state index contributed by atoms with van der Waals surface area (Å²) in [4.78, 5) is 12.3. The highest BCUT2D eigenvalue weighted by atomic mass is 16.5. The lowest BCUT2D eigenvalue weighted by Crippen LogP contribution is -2.36. The number of amides is 1. The summed E-state index contributed by atoms with van der Waals surface area (Å²) in [5.41, 5.74) is 1.56. The third kappa shape index (κ3) is 4.25. The zero-order chi connectivity index (χ0) is 16.9. The summed E-state index contributed by atoms with van der Waals surface area (Å²) in [6.07, 6.45) is 0. The van der Waals surface area contributed by atoms with Gasteiger partial charge < -0.3 is 14.8 Å². The van der Waals surface area contributed by atoms with E-state index in [2.05, 4.69) is 19.2 Å². The molecule has 4 heteroatoms. The molecule has 4 nitrogen and oxygen atoms in total. The van der Waals surface area contributed by atoms with E-state index in [4.69, 9.17) is 9.47 Å². The first-order valence-electron chi connectivity index (χ1n) is 7.53. The van der Waals surface area contributed by atoms with Gasteiger partial charge in [0.25, 0.3) is 5.91 Å². The lowest BCUT2D eigenvalue weighted by molar-refractivity contribution is 0.0945. The molecular formula is C19H23NO3. The lowest BCUT2D eigenvalue weighted by atomic mass is 9.84. The monoisotopic (exact) mass is 313 g/mol. The van der Waals surface area contributed by atoms with E-state index in [1.165, 1.54) is 0 Å². The average molecular weight is 313 g/mol. The molecule has 0 saturated carbocycles. The van der Waals surface area contributed by atoms with E-state index < -0.39 is 0 Å². The second-order valence-corrected chi connectivity index (χ2v) is 6.03. The largest absolute Gasteiger partial charge is 0.497 e. The highest BCUT2D eigenvalue weighted by molar-refractivity contribution is 5.94. The van der Waals surface area contributed by atoms with Gasteiger partial charge >= 0.3 is 0 Å². The third-order valence-electron chi connectivity index (χ3n) is 3.89. The SMILES string of the molecule is COc1ccc(C(C)(C)CNC(=O)c2cccc(OC)c2)cc1. The van der Waals surface area contributed by atoms with Gasteiger partial charge in [0.1, 0.15) is 11.5 Å². The Bertz CT molecular complexity index is 663. The summed E-state index contributed by atoms with van der Waals surface area (Å²) in [7, 11) is 3.23. The first-order valence-corrected chi connectivity index (χ1v) is 7.53. The molecule has 0 aromatic heterocycles. The summed E-state index contributed by atoms with van der Waals surface area (Å²) < 4.78 is 10.3. The molecule has 0 aliphatic heterocycles. The first-order chi connectivity index (χ1) is 11.0. The minimum atomic E-state index is -0.180. The van der Waals surface area contributed by atoms with Gasteiger partial charge in [-0.2, -0.15) is 0 Å². The first kappa shape index (κ1) is 16.9. The van der Waals surface area contributed by atoms with Crippen LogP contribution < -0.4 is 14.8 Å². The van der Waals surface area contributed by atoms with Crippen molar-refractivity contribution in [2.75, 3.05) is 20.8 Å². The maximum Gasteiger partial charge on any atom is 0.251 e. The zero-order valence-corrected chi connectivity index (χ0v) is 14.1. The maximum atomic E-state index is 12.3. The van der Waals surface area contributed by atoms with Crippen LogP contribution in [0, 0.1) is 0 Å². The molecule has 2 rings (SSSR count). The Morgan fingerprint density at radius 1 is 1.00 bits per heavy atom. The smallest absolute Gasteiger partial charge is 0.251 e. The van der Waals surface area contributed by atoms with Crippen LogP contribution >= 0.6 is 0 Å². The Morgan fingerprint density at radius 3 is 2.26 bits per heavy atom. The molecule has 0 heterocycles. The molecule has 0 radical (unpaired) electrons. The third-order valence-corrected chi connectivity index (χ3v) is 3.89. The lowest BCUT2D eigenvalue weighted by Gasteiger charge is -2.26. The Balaban J connectivity index is 2.03. The summed E-state index contributed by atoms with van der Waals surface area (Å²) in [5.74, 6) is 1.39. The second-order valence-electron chi connectivity index (χ2n) is 6.03. The number of carbonyl (C=O) groups is 1. The minimum absolute atomic E-state index is 0.106. The molecule has 1 N–H and O–H groups in total. The number of nitrogens with one attached hydrogen (secondary N) is 1. The van der Waals surface area contributed by atoms with Crippen LogP contribution in [0.5, 0.6) is 11.5 Å². The molecule has 2 aromatic rings. The van der Waals surface area contributed by atoms with Crippen molar-refractivity contribution in [1.82, 2.24) is 5.32 Å². The van der Waals surface area contributed by atoms with Crippen molar-refractivity contribution >= 4 is 5.91 Å². The van der Waals surface area contributed by atoms with Crippen LogP contribution in [0.15, 0.2) is 48.5 Å². The predicted molar refractivity (Wildman–Crippen MR) is 91.3 cm³/mol. The Kier molecular flexibility index (Phi) is 5.27. The maximum absolute atomic E-state index is 12.3. The van der Waals surface area contributed by atoms with Gasteiger partial charge in [-0.25, -0.2) is 0 Å². The molecule has 23 heavy (non-hydrogen) atoms. The van der Waals surface area contributed by atoms with Crippen molar-refractivity contribution in [1.29, 1.82) is 0 Å². The van der Waals surface area contributed by atoms with Gasteiger partial charge in [0.05, 0.1) is 14.2 Å². The van der Waals surface area contributed by atoms with Crippen LogP contribution in [0.2, 0.25) is 0 Å². The molecule has 0 bridgehead atoms. The standard InChI is InChI=1S/C19H23NO3/c1-19(2,15-8-10-16(22-3)11-9-15)13-20-18(21)14-6-5-7-17(12-14)23-4/h5-12H,13H2,1-4H3,(H,20,21). The topological polar surface area (TPSA) is 47.6 Å². The van der Waals surface area contributed by atoms with E-state index in [1.54, 1.807) is 26.4 Å². The van der Waals surface area contributed by atoms with Crippen LogP contribution in [-0.2, 0) is 5.41 Å². The quantitative estimate of drug-likeness (QED) is 0.889. The van der Waals surface area contributed by atoms with Crippen molar-refractivity contribution in [3.05, 3.63) is 59.7 Å². The minimum Gasteiger partial charge on any atom is -0.497 e. The number of benzene rings is 2. The van der Waals surface area contributed by atoms with Gasteiger partial charge in [-0.3, -0.25) is 4.79 Å². The normalized spacial score (nSPS) is 11.0. The van der Waals surface area contributed by atoms with Gasteiger partial charge in [-0.05, 0) is 35.9 Å². The fraction of sp³-hybridized carbons (Fsp3) is 0.316. The van der Waals surface area contributed by atoms with E-state index in [0.29, 0.717) is 17.9 Å². The van der Waals surface area contributed by atoms with Gasteiger partial charge in [-0.1, -0.05) is 32.0 Å². The van der Waals surface area contributed by atoms with Crippen LogP contribution in [-0.4, -0.2) is 26.7 Å². The number of methoxy groups -OCH3 is 2. The summed E-state index contributed by atoms with van der Waals surface area (Å²) in [6, 6.07) is 15.0. The number of rotatable bonds is 6. The average Bonchev–Trinajstić information content (AvgIpc) is 2.59. The molecule has 2 aromatic carbocycles.